The highest BCUT2D eigenvalue weighted by Gasteiger charge is 2.13. The van der Waals surface area contributed by atoms with Gasteiger partial charge in [0, 0.05) is 19.0 Å². The van der Waals surface area contributed by atoms with Gasteiger partial charge in [-0.25, -0.2) is 0 Å². The summed E-state index contributed by atoms with van der Waals surface area (Å²) in [7, 11) is 1.68. The molecule has 0 radical (unpaired) electrons. The van der Waals surface area contributed by atoms with E-state index < -0.39 is 0 Å². The van der Waals surface area contributed by atoms with Crippen LogP contribution in [-0.2, 0) is 12.8 Å². The van der Waals surface area contributed by atoms with Gasteiger partial charge in [-0.1, -0.05) is 61.5 Å². The minimum absolute atomic E-state index is 0.00926. The molecule has 0 spiro atoms. The fourth-order valence-corrected chi connectivity index (χ4v) is 2.17. The topological polar surface area (TPSA) is 29.4 Å². The summed E-state index contributed by atoms with van der Waals surface area (Å²) in [5.74, 6) is 0.00926. The Balaban J connectivity index is 2.19. The average molecular weight is 265 g/mol. The summed E-state index contributed by atoms with van der Waals surface area (Å²) in [4.78, 5) is 16.6. The second-order valence-corrected chi connectivity index (χ2v) is 4.72. The lowest BCUT2D eigenvalue weighted by Gasteiger charge is -2.07. The van der Waals surface area contributed by atoms with E-state index in [0.717, 1.165) is 12.0 Å². The molecule has 0 aliphatic rings. The average Bonchev–Trinajstić information content (AvgIpc) is 2.53. The third-order valence-electron chi connectivity index (χ3n) is 3.34. The summed E-state index contributed by atoms with van der Waals surface area (Å²) < 4.78 is 0. The van der Waals surface area contributed by atoms with Crippen LogP contribution in [-0.4, -0.2) is 18.5 Å². The van der Waals surface area contributed by atoms with Crippen molar-refractivity contribution in [2.75, 3.05) is 7.05 Å². The minimum atomic E-state index is 0.00926. The van der Waals surface area contributed by atoms with E-state index >= 15 is 0 Å². The zero-order valence-corrected chi connectivity index (χ0v) is 12.0. The van der Waals surface area contributed by atoms with Gasteiger partial charge in [-0.15, -0.1) is 0 Å². The molecule has 0 atom stereocenters. The quantitative estimate of drug-likeness (QED) is 0.598. The zero-order chi connectivity index (χ0) is 14.4. The lowest BCUT2D eigenvalue weighted by Crippen LogP contribution is -2.17. The Hall–Kier alpha value is -2.22. The van der Waals surface area contributed by atoms with Gasteiger partial charge in [0.25, 0.3) is 0 Å². The number of aliphatic imine (C=N–C) groups is 1. The predicted octanol–water partition coefficient (Wildman–Crippen LogP) is 3.75. The third-order valence-corrected chi connectivity index (χ3v) is 3.34. The first-order chi connectivity index (χ1) is 9.74. The summed E-state index contributed by atoms with van der Waals surface area (Å²) in [6, 6.07) is 17.6. The van der Waals surface area contributed by atoms with Gasteiger partial charge >= 0.3 is 0 Å². The molecule has 0 aliphatic heterocycles. The molecule has 102 valence electrons. The van der Waals surface area contributed by atoms with Gasteiger partial charge in [0.05, 0.1) is 5.71 Å². The first kappa shape index (κ1) is 14.2. The number of carbonyl (C=O) groups excluding carboxylic acids is 1. The van der Waals surface area contributed by atoms with Crippen molar-refractivity contribution in [3.05, 3.63) is 71.3 Å². The minimum Gasteiger partial charge on any atom is -0.289 e. The normalized spacial score (nSPS) is 11.4. The van der Waals surface area contributed by atoms with Gasteiger partial charge in [0.15, 0.2) is 0 Å². The number of benzene rings is 2. The molecule has 2 aromatic carbocycles. The lowest BCUT2D eigenvalue weighted by molar-refractivity contribution is 0.106. The van der Waals surface area contributed by atoms with Crippen LogP contribution in [0.15, 0.2) is 59.6 Å². The molecule has 0 bridgehead atoms. The van der Waals surface area contributed by atoms with Crippen LogP contribution < -0.4 is 0 Å². The Bertz CT molecular complexity index is 614. The maximum Gasteiger partial charge on any atom is 0.207 e. The zero-order valence-electron chi connectivity index (χ0n) is 12.0. The summed E-state index contributed by atoms with van der Waals surface area (Å²) in [5, 5.41) is 0. The Morgan fingerprint density at radius 3 is 2.35 bits per heavy atom. The molecule has 2 rings (SSSR count). The highest BCUT2D eigenvalue weighted by atomic mass is 16.1. The molecule has 0 N–H and O–H groups in total. The molecular formula is C18H19NO. The molecule has 0 heterocycles. The maximum atomic E-state index is 12.4. The van der Waals surface area contributed by atoms with E-state index in [1.165, 1.54) is 5.56 Å². The summed E-state index contributed by atoms with van der Waals surface area (Å²) >= 11 is 0. The third kappa shape index (κ3) is 3.41. The van der Waals surface area contributed by atoms with Crippen LogP contribution >= 0.6 is 0 Å². The highest BCUT2D eigenvalue weighted by molar-refractivity contribution is 6.46. The second-order valence-electron chi connectivity index (χ2n) is 4.72. The molecule has 2 heteroatoms. The number of ketones is 1. The number of rotatable bonds is 5. The molecule has 0 aromatic heterocycles. The van der Waals surface area contributed by atoms with Gasteiger partial charge < -0.3 is 0 Å². The molecule has 0 fully saturated rings. The van der Waals surface area contributed by atoms with Crippen molar-refractivity contribution >= 4 is 11.5 Å². The van der Waals surface area contributed by atoms with Crippen LogP contribution in [0.25, 0.3) is 0 Å². The number of carbonyl (C=O) groups is 1. The van der Waals surface area contributed by atoms with Gasteiger partial charge in [0.1, 0.15) is 0 Å². The first-order valence-electron chi connectivity index (χ1n) is 6.87. The number of Topliss-reactive ketones (excluding diaryl/α,β-unsaturated/α-hetero) is 1. The summed E-state index contributed by atoms with van der Waals surface area (Å²) in [5.41, 5.74) is 3.71. The second kappa shape index (κ2) is 6.80. The Morgan fingerprint density at radius 1 is 1.00 bits per heavy atom. The van der Waals surface area contributed by atoms with Crippen LogP contribution in [0.2, 0.25) is 0 Å². The molecule has 0 unspecified atom stereocenters. The Labute approximate surface area is 120 Å². The lowest BCUT2D eigenvalue weighted by atomic mass is 9.99. The molecule has 0 amide bonds. The van der Waals surface area contributed by atoms with E-state index in [2.05, 4.69) is 24.0 Å². The van der Waals surface area contributed by atoms with Crippen LogP contribution in [0.3, 0.4) is 0 Å². The van der Waals surface area contributed by atoms with Crippen molar-refractivity contribution < 1.29 is 4.79 Å². The fraction of sp³-hybridized carbons (Fsp3) is 0.222. The van der Waals surface area contributed by atoms with Gasteiger partial charge in [0.2, 0.25) is 5.78 Å². The van der Waals surface area contributed by atoms with Gasteiger partial charge in [-0.2, -0.15) is 0 Å². The van der Waals surface area contributed by atoms with E-state index in [4.69, 9.17) is 0 Å². The highest BCUT2D eigenvalue weighted by Crippen LogP contribution is 2.10. The van der Waals surface area contributed by atoms with Crippen molar-refractivity contribution in [3.63, 3.8) is 0 Å². The summed E-state index contributed by atoms with van der Waals surface area (Å²) in [6.45, 7) is 2.13. The first-order valence-corrected chi connectivity index (χ1v) is 6.87. The van der Waals surface area contributed by atoms with Crippen LogP contribution in [0.4, 0.5) is 0 Å². The molecule has 0 aliphatic carbocycles. The van der Waals surface area contributed by atoms with E-state index in [-0.39, 0.29) is 5.78 Å². The van der Waals surface area contributed by atoms with Crippen molar-refractivity contribution in [3.8, 4) is 0 Å². The van der Waals surface area contributed by atoms with Crippen LogP contribution in [0.1, 0.15) is 28.4 Å². The Kier molecular flexibility index (Phi) is 4.83. The van der Waals surface area contributed by atoms with E-state index in [1.807, 2.05) is 42.5 Å². The van der Waals surface area contributed by atoms with Crippen molar-refractivity contribution in [2.45, 2.75) is 19.8 Å². The largest absolute Gasteiger partial charge is 0.289 e. The fourth-order valence-electron chi connectivity index (χ4n) is 2.17. The smallest absolute Gasteiger partial charge is 0.207 e. The van der Waals surface area contributed by atoms with Crippen molar-refractivity contribution in [2.24, 2.45) is 4.99 Å². The number of nitrogens with zero attached hydrogens (tertiary/aromatic N) is 1. The maximum absolute atomic E-state index is 12.4. The number of aryl methyl sites for hydroxylation is 1. The molecule has 2 aromatic rings. The van der Waals surface area contributed by atoms with Crippen molar-refractivity contribution in [1.29, 1.82) is 0 Å². The molecule has 0 saturated carbocycles. The van der Waals surface area contributed by atoms with E-state index in [1.54, 1.807) is 7.05 Å². The van der Waals surface area contributed by atoms with Gasteiger partial charge in [-0.3, -0.25) is 9.79 Å². The van der Waals surface area contributed by atoms with Crippen LogP contribution in [0, 0.1) is 0 Å². The van der Waals surface area contributed by atoms with E-state index in [9.17, 15) is 4.79 Å². The number of hydrogen-bond acceptors (Lipinski definition) is 2. The predicted molar refractivity (Wildman–Crippen MR) is 83.7 cm³/mol. The standard InChI is InChI=1S/C18H19NO/c1-3-14-8-7-9-15(12-14)13-17(19-2)18(20)16-10-5-4-6-11-16/h4-12H,3,13H2,1-2H3. The molecule has 2 nitrogen and oxygen atoms in total. The Morgan fingerprint density at radius 2 is 1.70 bits per heavy atom. The van der Waals surface area contributed by atoms with Gasteiger partial charge in [-0.05, 0) is 17.5 Å². The molecule has 20 heavy (non-hydrogen) atoms. The monoisotopic (exact) mass is 265 g/mol. The van der Waals surface area contributed by atoms with Crippen molar-refractivity contribution in [1.82, 2.24) is 0 Å². The molecule has 0 saturated heterocycles. The number of hydrogen-bond donors (Lipinski definition) is 0. The SMILES string of the molecule is CCc1cccc(CC(=NC)C(=O)c2ccccc2)c1. The van der Waals surface area contributed by atoms with E-state index in [0.29, 0.717) is 17.7 Å². The summed E-state index contributed by atoms with van der Waals surface area (Å²) in [6.07, 6.45) is 1.58. The molecular weight excluding hydrogens is 246 g/mol. The van der Waals surface area contributed by atoms with Crippen LogP contribution in [0.5, 0.6) is 0 Å².